The van der Waals surface area contributed by atoms with Crippen LogP contribution in [0.25, 0.3) is 85.9 Å². The van der Waals surface area contributed by atoms with Gasteiger partial charge in [-0.3, -0.25) is 0 Å². The summed E-state index contributed by atoms with van der Waals surface area (Å²) in [4.78, 5) is 0. The average molecular weight is 675 g/mol. The lowest BCUT2D eigenvalue weighted by atomic mass is 9.63. The maximum atomic E-state index is 2.56. The summed E-state index contributed by atoms with van der Waals surface area (Å²) in [6.07, 6.45) is 2.39. The second-order valence-corrected chi connectivity index (χ2v) is 17.1. The van der Waals surface area contributed by atoms with Crippen molar-refractivity contribution in [1.29, 1.82) is 0 Å². The van der Waals surface area contributed by atoms with Crippen molar-refractivity contribution >= 4 is 85.9 Å². The molecule has 3 aromatic heterocycles. The summed E-state index contributed by atoms with van der Waals surface area (Å²) in [5.74, 6) is 0. The fraction of sp³-hybridized carbons (Fsp3) is 0.167. The van der Waals surface area contributed by atoms with Crippen LogP contribution in [0.15, 0.2) is 133 Å². The van der Waals surface area contributed by atoms with Crippen molar-refractivity contribution in [3.05, 3.63) is 145 Å². The topological polar surface area (TPSA) is 9.86 Å². The van der Waals surface area contributed by atoms with Gasteiger partial charge in [-0.25, -0.2) is 0 Å². The molecule has 3 heteroatoms. The molecule has 51 heavy (non-hydrogen) atoms. The van der Waals surface area contributed by atoms with Crippen LogP contribution in [0.5, 0.6) is 0 Å². The van der Waals surface area contributed by atoms with Crippen LogP contribution in [0.1, 0.15) is 51.7 Å². The lowest BCUT2D eigenvalue weighted by Gasteiger charge is -2.42. The second kappa shape index (κ2) is 10.1. The summed E-state index contributed by atoms with van der Waals surface area (Å²) in [6.45, 7) is 9.75. The lowest BCUT2D eigenvalue weighted by Crippen LogP contribution is -2.33. The molecule has 0 radical (unpaired) electrons. The quantitative estimate of drug-likeness (QED) is 0.173. The van der Waals surface area contributed by atoms with Gasteiger partial charge >= 0.3 is 0 Å². The van der Waals surface area contributed by atoms with Crippen LogP contribution < -0.4 is 0 Å². The van der Waals surface area contributed by atoms with Crippen LogP contribution in [-0.2, 0) is 10.8 Å². The molecule has 11 rings (SSSR count). The van der Waals surface area contributed by atoms with E-state index in [9.17, 15) is 0 Å². The zero-order valence-electron chi connectivity index (χ0n) is 29.4. The molecule has 0 atom stereocenters. The molecule has 1 aliphatic carbocycles. The third-order valence-corrected chi connectivity index (χ3v) is 13.3. The molecule has 246 valence electrons. The molecule has 0 saturated carbocycles. The van der Waals surface area contributed by atoms with Gasteiger partial charge in [-0.05, 0) is 106 Å². The Bertz CT molecular complexity index is 3080. The van der Waals surface area contributed by atoms with Crippen LogP contribution in [0.4, 0.5) is 0 Å². The first-order valence-corrected chi connectivity index (χ1v) is 19.1. The third-order valence-electron chi connectivity index (χ3n) is 12.1. The zero-order valence-corrected chi connectivity index (χ0v) is 30.2. The molecule has 10 aromatic rings. The molecule has 1 aliphatic rings. The van der Waals surface area contributed by atoms with E-state index in [-0.39, 0.29) is 10.8 Å². The fourth-order valence-electron chi connectivity index (χ4n) is 9.41. The Morgan fingerprint density at radius 1 is 0.451 bits per heavy atom. The van der Waals surface area contributed by atoms with Crippen LogP contribution >= 0.6 is 11.3 Å². The van der Waals surface area contributed by atoms with Crippen molar-refractivity contribution in [2.24, 2.45) is 0 Å². The van der Waals surface area contributed by atoms with Gasteiger partial charge in [0.1, 0.15) is 0 Å². The number of fused-ring (bicyclic) bond motifs is 12. The minimum Gasteiger partial charge on any atom is -0.309 e. The number of aromatic nitrogens is 2. The summed E-state index contributed by atoms with van der Waals surface area (Å²) in [6, 6.07) is 50.4. The molecule has 0 fully saturated rings. The monoisotopic (exact) mass is 674 g/mol. The summed E-state index contributed by atoms with van der Waals surface area (Å²) in [5.41, 5.74) is 10.7. The van der Waals surface area contributed by atoms with E-state index in [1.165, 1.54) is 110 Å². The molecule has 0 aliphatic heterocycles. The highest BCUT2D eigenvalue weighted by Crippen LogP contribution is 2.50. The van der Waals surface area contributed by atoms with Gasteiger partial charge in [0.2, 0.25) is 0 Å². The first kappa shape index (κ1) is 29.4. The fourth-order valence-corrected chi connectivity index (χ4v) is 10.5. The smallest absolute Gasteiger partial charge is 0.0562 e. The van der Waals surface area contributed by atoms with E-state index >= 15 is 0 Å². The Balaban J connectivity index is 1.37. The number of nitrogens with zero attached hydrogens (tertiary/aromatic N) is 2. The molecule has 0 saturated heterocycles. The van der Waals surface area contributed by atoms with Gasteiger partial charge in [0.05, 0.1) is 27.8 Å². The lowest BCUT2D eigenvalue weighted by molar-refractivity contribution is 0.332. The van der Waals surface area contributed by atoms with Gasteiger partial charge in [0.25, 0.3) is 0 Å². The standard InChI is InChI=1S/C48H38N2S/c1-47(2)23-24-48(3,4)37-27-40-34(26-36(37)47)33-25-35-42(28-41(33)49(40)30-14-6-5-7-15-30)50(39-22-21-29-13-8-9-16-31(29)45(35)39)38-18-12-20-44-46(38)32-17-10-11-19-43(32)51-44/h5-22,25-28H,23-24H2,1-4H3. The first-order valence-electron chi connectivity index (χ1n) is 18.2. The van der Waals surface area contributed by atoms with E-state index in [4.69, 9.17) is 0 Å². The van der Waals surface area contributed by atoms with E-state index in [2.05, 4.69) is 170 Å². The minimum atomic E-state index is 0.120. The molecular weight excluding hydrogens is 637 g/mol. The molecule has 0 spiro atoms. The van der Waals surface area contributed by atoms with Crippen molar-refractivity contribution in [2.75, 3.05) is 0 Å². The second-order valence-electron chi connectivity index (χ2n) is 16.0. The Hall–Kier alpha value is -5.38. The number of hydrogen-bond donors (Lipinski definition) is 0. The van der Waals surface area contributed by atoms with E-state index < -0.39 is 0 Å². The SMILES string of the molecule is CC1(C)CCC(C)(C)c2cc3c(cc21)c1cc2c4c5ccccc5ccc4n(-c4cccc5sc6ccccc6c45)c2cc1n3-c1ccccc1. The van der Waals surface area contributed by atoms with Gasteiger partial charge in [-0.15, -0.1) is 11.3 Å². The predicted octanol–water partition coefficient (Wildman–Crippen LogP) is 13.8. The van der Waals surface area contributed by atoms with Gasteiger partial charge < -0.3 is 9.13 Å². The number of thiophene rings is 1. The van der Waals surface area contributed by atoms with E-state index in [0.29, 0.717) is 0 Å². The molecule has 0 unspecified atom stereocenters. The summed E-state index contributed by atoms with van der Waals surface area (Å²) < 4.78 is 7.73. The predicted molar refractivity (Wildman–Crippen MR) is 221 cm³/mol. The van der Waals surface area contributed by atoms with Crippen molar-refractivity contribution in [2.45, 2.75) is 51.4 Å². The highest BCUT2D eigenvalue weighted by Gasteiger charge is 2.38. The highest BCUT2D eigenvalue weighted by atomic mass is 32.1. The van der Waals surface area contributed by atoms with Crippen molar-refractivity contribution in [1.82, 2.24) is 9.13 Å². The first-order chi connectivity index (χ1) is 24.8. The minimum absolute atomic E-state index is 0.120. The van der Waals surface area contributed by atoms with Crippen LogP contribution in [0.3, 0.4) is 0 Å². The molecule has 2 nitrogen and oxygen atoms in total. The average Bonchev–Trinajstić information content (AvgIpc) is 3.79. The van der Waals surface area contributed by atoms with Crippen molar-refractivity contribution < 1.29 is 0 Å². The van der Waals surface area contributed by atoms with Crippen molar-refractivity contribution in [3.63, 3.8) is 0 Å². The summed E-state index contributed by atoms with van der Waals surface area (Å²) >= 11 is 1.89. The van der Waals surface area contributed by atoms with Crippen LogP contribution in [0.2, 0.25) is 0 Å². The maximum absolute atomic E-state index is 2.56. The summed E-state index contributed by atoms with van der Waals surface area (Å²) in [5, 5.41) is 10.5. The largest absolute Gasteiger partial charge is 0.309 e. The number of benzene rings is 7. The molecule has 0 bridgehead atoms. The highest BCUT2D eigenvalue weighted by molar-refractivity contribution is 7.25. The van der Waals surface area contributed by atoms with Gasteiger partial charge in [0, 0.05) is 47.4 Å². The number of para-hydroxylation sites is 1. The number of hydrogen-bond acceptors (Lipinski definition) is 1. The maximum Gasteiger partial charge on any atom is 0.0562 e. The Morgan fingerprint density at radius 2 is 1.10 bits per heavy atom. The van der Waals surface area contributed by atoms with E-state index in [0.717, 1.165) is 0 Å². The van der Waals surface area contributed by atoms with E-state index in [1.807, 2.05) is 11.3 Å². The normalized spacial score (nSPS) is 15.6. The Morgan fingerprint density at radius 3 is 1.92 bits per heavy atom. The molecule has 7 aromatic carbocycles. The third kappa shape index (κ3) is 3.98. The molecule has 3 heterocycles. The van der Waals surface area contributed by atoms with E-state index in [1.54, 1.807) is 0 Å². The molecular formula is C48H38N2S. The Labute approximate surface area is 301 Å². The van der Waals surface area contributed by atoms with Crippen LogP contribution in [0, 0.1) is 0 Å². The summed E-state index contributed by atoms with van der Waals surface area (Å²) in [7, 11) is 0. The zero-order chi connectivity index (χ0) is 34.2. The van der Waals surface area contributed by atoms with Gasteiger partial charge in [0.15, 0.2) is 0 Å². The number of rotatable bonds is 2. The van der Waals surface area contributed by atoms with Crippen molar-refractivity contribution in [3.8, 4) is 11.4 Å². The van der Waals surface area contributed by atoms with Gasteiger partial charge in [-0.2, -0.15) is 0 Å². The Kier molecular flexibility index (Phi) is 5.82. The molecule has 0 amide bonds. The van der Waals surface area contributed by atoms with Crippen LogP contribution in [-0.4, -0.2) is 9.13 Å². The van der Waals surface area contributed by atoms with Gasteiger partial charge in [-0.1, -0.05) is 100 Å². The molecule has 0 N–H and O–H groups in total.